The maximum Gasteiger partial charge on any atom is 0.277 e. The van der Waals surface area contributed by atoms with Crippen molar-refractivity contribution in [1.29, 1.82) is 0 Å². The van der Waals surface area contributed by atoms with E-state index in [9.17, 15) is 0 Å². The first-order valence-corrected chi connectivity index (χ1v) is 3.46. The lowest BCUT2D eigenvalue weighted by Crippen LogP contribution is -2.22. The zero-order chi connectivity index (χ0) is 8.97. The number of nitrogens with zero attached hydrogens (tertiary/aromatic N) is 3. The van der Waals surface area contributed by atoms with Gasteiger partial charge in [0.05, 0.1) is 14.2 Å². The van der Waals surface area contributed by atoms with Gasteiger partial charge in [0.1, 0.15) is 0 Å². The van der Waals surface area contributed by atoms with Crippen LogP contribution in [0.25, 0.3) is 0 Å². The first-order valence-electron chi connectivity index (χ1n) is 3.46. The van der Waals surface area contributed by atoms with Gasteiger partial charge in [0.2, 0.25) is 0 Å². The SMILES string of the molecule is CON(OC)c1nccc(C)n1. The van der Waals surface area contributed by atoms with Crippen LogP contribution in [0.5, 0.6) is 0 Å². The molecule has 0 N–H and O–H groups in total. The molecule has 0 aliphatic rings. The Kier molecular flexibility index (Phi) is 2.95. The number of hydrogen-bond acceptors (Lipinski definition) is 5. The van der Waals surface area contributed by atoms with Gasteiger partial charge in [-0.15, -0.1) is 0 Å². The van der Waals surface area contributed by atoms with Crippen molar-refractivity contribution in [2.45, 2.75) is 6.92 Å². The molecule has 0 bridgehead atoms. The molecule has 0 fully saturated rings. The molecule has 1 aromatic heterocycles. The first-order chi connectivity index (χ1) is 5.77. The van der Waals surface area contributed by atoms with Crippen LogP contribution in [0.2, 0.25) is 0 Å². The Hall–Kier alpha value is -1.20. The van der Waals surface area contributed by atoms with Crippen LogP contribution in [-0.2, 0) is 9.68 Å². The van der Waals surface area contributed by atoms with Gasteiger partial charge in [0.25, 0.3) is 5.95 Å². The van der Waals surface area contributed by atoms with Crippen molar-refractivity contribution < 1.29 is 9.68 Å². The smallest absolute Gasteiger partial charge is 0.249 e. The summed E-state index contributed by atoms with van der Waals surface area (Å²) in [6, 6.07) is 1.80. The number of rotatable bonds is 3. The molecule has 1 aromatic rings. The van der Waals surface area contributed by atoms with E-state index in [1.165, 1.54) is 14.2 Å². The number of hydrogen-bond donors (Lipinski definition) is 0. The van der Waals surface area contributed by atoms with E-state index in [0.29, 0.717) is 5.95 Å². The molecule has 0 aliphatic heterocycles. The molecule has 0 aliphatic carbocycles. The third-order valence-electron chi connectivity index (χ3n) is 1.28. The zero-order valence-corrected chi connectivity index (χ0v) is 7.31. The third kappa shape index (κ3) is 1.90. The fraction of sp³-hybridized carbons (Fsp3) is 0.429. The molecular formula is C7H11N3O2. The van der Waals surface area contributed by atoms with Crippen LogP contribution < -0.4 is 5.23 Å². The summed E-state index contributed by atoms with van der Waals surface area (Å²) in [6.45, 7) is 1.87. The molecule has 0 saturated heterocycles. The van der Waals surface area contributed by atoms with E-state index in [-0.39, 0.29) is 0 Å². The average Bonchev–Trinajstić information content (AvgIpc) is 2.07. The van der Waals surface area contributed by atoms with Crippen LogP contribution >= 0.6 is 0 Å². The van der Waals surface area contributed by atoms with Gasteiger partial charge >= 0.3 is 0 Å². The van der Waals surface area contributed by atoms with Crippen molar-refractivity contribution in [3.05, 3.63) is 18.0 Å². The number of aromatic nitrogens is 2. The van der Waals surface area contributed by atoms with Crippen molar-refractivity contribution in [3.8, 4) is 0 Å². The highest BCUT2D eigenvalue weighted by atomic mass is 16.9. The topological polar surface area (TPSA) is 47.5 Å². The summed E-state index contributed by atoms with van der Waals surface area (Å²) in [4.78, 5) is 17.7. The highest BCUT2D eigenvalue weighted by Crippen LogP contribution is 2.06. The van der Waals surface area contributed by atoms with Crippen LogP contribution in [0.1, 0.15) is 5.69 Å². The standard InChI is InChI=1S/C7H11N3O2/c1-6-4-5-8-7(9-6)10(11-2)12-3/h4-5H,1-3H3. The molecule has 0 spiro atoms. The highest BCUT2D eigenvalue weighted by Gasteiger charge is 2.06. The van der Waals surface area contributed by atoms with E-state index in [1.54, 1.807) is 12.3 Å². The lowest BCUT2D eigenvalue weighted by Gasteiger charge is -2.14. The Morgan fingerprint density at radius 3 is 2.50 bits per heavy atom. The summed E-state index contributed by atoms with van der Waals surface area (Å²) in [5, 5.41) is 1.13. The van der Waals surface area contributed by atoms with E-state index >= 15 is 0 Å². The van der Waals surface area contributed by atoms with Crippen LogP contribution in [0.4, 0.5) is 5.95 Å². The molecule has 0 amide bonds. The summed E-state index contributed by atoms with van der Waals surface area (Å²) in [7, 11) is 2.96. The van der Waals surface area contributed by atoms with Crippen LogP contribution in [0.15, 0.2) is 12.3 Å². The Balaban J connectivity index is 2.85. The monoisotopic (exact) mass is 169 g/mol. The Morgan fingerprint density at radius 1 is 1.33 bits per heavy atom. The Morgan fingerprint density at radius 2 is 2.00 bits per heavy atom. The molecule has 5 heteroatoms. The van der Waals surface area contributed by atoms with Crippen molar-refractivity contribution in [2.24, 2.45) is 0 Å². The van der Waals surface area contributed by atoms with Crippen LogP contribution in [0.3, 0.4) is 0 Å². The van der Waals surface area contributed by atoms with Gasteiger partial charge in [-0.25, -0.2) is 19.6 Å². The van der Waals surface area contributed by atoms with E-state index in [0.717, 1.165) is 10.9 Å². The number of anilines is 1. The molecule has 0 atom stereocenters. The molecule has 0 radical (unpaired) electrons. The molecule has 66 valence electrons. The molecule has 0 saturated carbocycles. The fourth-order valence-electron chi connectivity index (χ4n) is 0.761. The minimum Gasteiger partial charge on any atom is -0.249 e. The largest absolute Gasteiger partial charge is 0.277 e. The van der Waals surface area contributed by atoms with Crippen LogP contribution in [-0.4, -0.2) is 24.2 Å². The quantitative estimate of drug-likeness (QED) is 0.624. The second-order valence-electron chi connectivity index (χ2n) is 2.12. The van der Waals surface area contributed by atoms with E-state index in [1.807, 2.05) is 6.92 Å². The van der Waals surface area contributed by atoms with Gasteiger partial charge in [-0.2, -0.15) is 0 Å². The fourth-order valence-corrected chi connectivity index (χ4v) is 0.761. The summed E-state index contributed by atoms with van der Waals surface area (Å²) in [5.41, 5.74) is 0.860. The normalized spacial score (nSPS) is 9.92. The maximum atomic E-state index is 4.83. The predicted molar refractivity (Wildman–Crippen MR) is 43.3 cm³/mol. The average molecular weight is 169 g/mol. The van der Waals surface area contributed by atoms with E-state index in [2.05, 4.69) is 9.97 Å². The second-order valence-corrected chi connectivity index (χ2v) is 2.12. The van der Waals surface area contributed by atoms with Crippen molar-refractivity contribution in [3.63, 3.8) is 0 Å². The molecule has 12 heavy (non-hydrogen) atoms. The van der Waals surface area contributed by atoms with Crippen molar-refractivity contribution in [2.75, 3.05) is 19.4 Å². The van der Waals surface area contributed by atoms with Gasteiger partial charge in [-0.05, 0) is 13.0 Å². The zero-order valence-electron chi connectivity index (χ0n) is 7.31. The van der Waals surface area contributed by atoms with Gasteiger partial charge in [-0.1, -0.05) is 5.23 Å². The molecule has 5 nitrogen and oxygen atoms in total. The van der Waals surface area contributed by atoms with Crippen LogP contribution in [0, 0.1) is 6.92 Å². The molecular weight excluding hydrogens is 158 g/mol. The molecule has 1 rings (SSSR count). The van der Waals surface area contributed by atoms with E-state index < -0.39 is 0 Å². The van der Waals surface area contributed by atoms with E-state index in [4.69, 9.17) is 9.68 Å². The maximum absolute atomic E-state index is 4.83. The molecule has 1 heterocycles. The summed E-state index contributed by atoms with van der Waals surface area (Å²) in [6.07, 6.45) is 1.64. The van der Waals surface area contributed by atoms with Gasteiger partial charge < -0.3 is 0 Å². The van der Waals surface area contributed by atoms with Crippen molar-refractivity contribution in [1.82, 2.24) is 9.97 Å². The highest BCUT2D eigenvalue weighted by molar-refractivity contribution is 5.21. The summed E-state index contributed by atoms with van der Waals surface area (Å²) < 4.78 is 0. The lowest BCUT2D eigenvalue weighted by molar-refractivity contribution is -0.0472. The van der Waals surface area contributed by atoms with Gasteiger partial charge in [0, 0.05) is 11.9 Å². The van der Waals surface area contributed by atoms with Crippen molar-refractivity contribution >= 4 is 5.95 Å². The van der Waals surface area contributed by atoms with Gasteiger partial charge in [-0.3, -0.25) is 0 Å². The summed E-state index contributed by atoms with van der Waals surface area (Å²) >= 11 is 0. The van der Waals surface area contributed by atoms with Gasteiger partial charge in [0.15, 0.2) is 0 Å². The lowest BCUT2D eigenvalue weighted by atomic mass is 10.5. The second kappa shape index (κ2) is 3.99. The molecule has 0 aromatic carbocycles. The molecule has 0 unspecified atom stereocenters. The third-order valence-corrected chi connectivity index (χ3v) is 1.28. The minimum absolute atomic E-state index is 0.389. The summed E-state index contributed by atoms with van der Waals surface area (Å²) in [5.74, 6) is 0.389. The predicted octanol–water partition coefficient (Wildman–Crippen LogP) is 0.714. The Labute approximate surface area is 70.9 Å². The first kappa shape index (κ1) is 8.89. The Bertz CT molecular complexity index is 250. The number of aryl methyl sites for hydroxylation is 1. The minimum atomic E-state index is 0.389.